The van der Waals surface area contributed by atoms with Crippen molar-refractivity contribution in [3.63, 3.8) is 0 Å². The van der Waals surface area contributed by atoms with Crippen LogP contribution in [0.1, 0.15) is 75.2 Å². The van der Waals surface area contributed by atoms with E-state index in [1.165, 1.54) is 24.3 Å². The Morgan fingerprint density at radius 3 is 1.87 bits per heavy atom. The van der Waals surface area contributed by atoms with E-state index in [2.05, 4.69) is 6.07 Å². The minimum Gasteiger partial charge on any atom is -0.376 e. The lowest BCUT2D eigenvalue weighted by molar-refractivity contribution is -0.258. The van der Waals surface area contributed by atoms with Crippen molar-refractivity contribution < 1.29 is 23.1 Å². The first kappa shape index (κ1) is 22.6. The Hall–Kier alpha value is -2.07. The molecule has 0 aromatic heterocycles. The Morgan fingerprint density at radius 2 is 1.47 bits per heavy atom. The molecule has 7 heteroatoms. The van der Waals surface area contributed by atoms with Gasteiger partial charge in [0.25, 0.3) is 5.91 Å². The third-order valence-electron chi connectivity index (χ3n) is 6.82. The van der Waals surface area contributed by atoms with E-state index in [1.807, 2.05) is 18.7 Å². The number of carbonyl (C=O) groups is 1. The summed E-state index contributed by atoms with van der Waals surface area (Å²) in [5, 5.41) is 19.2. The summed E-state index contributed by atoms with van der Waals surface area (Å²) in [4.78, 5) is 15.1. The van der Waals surface area contributed by atoms with Gasteiger partial charge in [-0.1, -0.05) is 12.1 Å². The van der Waals surface area contributed by atoms with Gasteiger partial charge in [0.15, 0.2) is 5.60 Å². The number of nitriles is 1. The van der Waals surface area contributed by atoms with Crippen LogP contribution in [-0.2, 0) is 5.60 Å². The molecule has 164 valence electrons. The van der Waals surface area contributed by atoms with Crippen molar-refractivity contribution in [2.45, 2.75) is 83.2 Å². The second-order valence-electron chi connectivity index (χ2n) is 9.43. The van der Waals surface area contributed by atoms with Crippen molar-refractivity contribution in [3.05, 3.63) is 35.4 Å². The highest BCUT2D eigenvalue weighted by molar-refractivity contribution is 5.95. The SMILES string of the molecule is CC(C)(C#N)C1CCC(N(C(=O)c2ccc([C@](C)(O)C(F)(F)F)cc2)C2CC2)CC1. The summed E-state index contributed by atoms with van der Waals surface area (Å²) in [6.07, 6.45) is 0.517. The smallest absolute Gasteiger partial charge is 0.376 e. The fourth-order valence-corrected chi connectivity index (χ4v) is 4.40. The van der Waals surface area contributed by atoms with Crippen LogP contribution in [0.2, 0.25) is 0 Å². The molecule has 1 aromatic carbocycles. The largest absolute Gasteiger partial charge is 0.421 e. The van der Waals surface area contributed by atoms with Crippen LogP contribution in [0.25, 0.3) is 0 Å². The second kappa shape index (κ2) is 7.88. The Morgan fingerprint density at radius 1 is 1.00 bits per heavy atom. The molecule has 2 saturated carbocycles. The quantitative estimate of drug-likeness (QED) is 0.712. The van der Waals surface area contributed by atoms with Crippen molar-refractivity contribution in [2.24, 2.45) is 11.3 Å². The van der Waals surface area contributed by atoms with Gasteiger partial charge >= 0.3 is 6.18 Å². The minimum absolute atomic E-state index is 0.0914. The van der Waals surface area contributed by atoms with Crippen LogP contribution in [0.4, 0.5) is 13.2 Å². The zero-order valence-corrected chi connectivity index (χ0v) is 17.7. The van der Waals surface area contributed by atoms with Gasteiger partial charge < -0.3 is 10.0 Å². The number of benzene rings is 1. The summed E-state index contributed by atoms with van der Waals surface area (Å²) in [6, 6.07) is 7.76. The fraction of sp³-hybridized carbons (Fsp3) is 0.652. The number of carbonyl (C=O) groups excluding carboxylic acids is 1. The number of hydrogen-bond acceptors (Lipinski definition) is 3. The third-order valence-corrected chi connectivity index (χ3v) is 6.82. The molecule has 2 fully saturated rings. The first-order valence-corrected chi connectivity index (χ1v) is 10.5. The molecule has 0 unspecified atom stereocenters. The van der Waals surface area contributed by atoms with Crippen LogP contribution in [0.3, 0.4) is 0 Å². The van der Waals surface area contributed by atoms with Gasteiger partial charge in [-0.25, -0.2) is 0 Å². The summed E-state index contributed by atoms with van der Waals surface area (Å²) in [5.74, 6) is 0.137. The predicted molar refractivity (Wildman–Crippen MR) is 106 cm³/mol. The van der Waals surface area contributed by atoms with Gasteiger partial charge in [0.2, 0.25) is 0 Å². The number of nitrogens with zero attached hydrogens (tertiary/aromatic N) is 2. The average Bonchev–Trinajstić information content (AvgIpc) is 3.53. The molecule has 1 N–H and O–H groups in total. The lowest BCUT2D eigenvalue weighted by atomic mass is 9.70. The van der Waals surface area contributed by atoms with E-state index in [0.717, 1.165) is 38.5 Å². The van der Waals surface area contributed by atoms with Crippen molar-refractivity contribution in [2.75, 3.05) is 0 Å². The summed E-state index contributed by atoms with van der Waals surface area (Å²) in [7, 11) is 0. The third kappa shape index (κ3) is 4.34. The number of hydrogen-bond donors (Lipinski definition) is 1. The van der Waals surface area contributed by atoms with Crippen LogP contribution >= 0.6 is 0 Å². The number of aliphatic hydroxyl groups is 1. The number of amides is 1. The van der Waals surface area contributed by atoms with Crippen molar-refractivity contribution >= 4 is 5.91 Å². The maximum atomic E-state index is 13.2. The van der Waals surface area contributed by atoms with Crippen LogP contribution < -0.4 is 0 Å². The van der Waals surface area contributed by atoms with E-state index in [9.17, 15) is 28.3 Å². The van der Waals surface area contributed by atoms with E-state index in [-0.39, 0.29) is 29.0 Å². The molecule has 0 saturated heterocycles. The highest BCUT2D eigenvalue weighted by Gasteiger charge is 2.51. The molecule has 1 aromatic rings. The first-order valence-electron chi connectivity index (χ1n) is 10.5. The van der Waals surface area contributed by atoms with Crippen molar-refractivity contribution in [3.8, 4) is 6.07 Å². The van der Waals surface area contributed by atoms with Gasteiger partial charge in [0.1, 0.15) is 0 Å². The molecule has 0 aliphatic heterocycles. The molecule has 1 atom stereocenters. The van der Waals surface area contributed by atoms with E-state index in [0.29, 0.717) is 18.4 Å². The van der Waals surface area contributed by atoms with Gasteiger partial charge in [-0.15, -0.1) is 0 Å². The number of alkyl halides is 3. The zero-order chi connectivity index (χ0) is 22.3. The Kier molecular flexibility index (Phi) is 5.94. The number of halogens is 3. The van der Waals surface area contributed by atoms with Crippen molar-refractivity contribution in [1.82, 2.24) is 4.90 Å². The lowest BCUT2D eigenvalue weighted by Gasteiger charge is -2.40. The molecule has 0 spiro atoms. The van der Waals surface area contributed by atoms with Crippen LogP contribution in [0.15, 0.2) is 24.3 Å². The van der Waals surface area contributed by atoms with Gasteiger partial charge in [0, 0.05) is 17.6 Å². The van der Waals surface area contributed by atoms with E-state index in [1.54, 1.807) is 0 Å². The molecule has 0 heterocycles. The van der Waals surface area contributed by atoms with Gasteiger partial charge in [-0.05, 0) is 82.9 Å². The van der Waals surface area contributed by atoms with Crippen LogP contribution in [-0.4, -0.2) is 34.2 Å². The second-order valence-corrected chi connectivity index (χ2v) is 9.43. The molecule has 3 rings (SSSR count). The van der Waals surface area contributed by atoms with E-state index in [4.69, 9.17) is 0 Å². The average molecular weight is 422 g/mol. The monoisotopic (exact) mass is 422 g/mol. The zero-order valence-electron chi connectivity index (χ0n) is 17.7. The highest BCUT2D eigenvalue weighted by atomic mass is 19.4. The molecular formula is C23H29F3N2O2. The first-order chi connectivity index (χ1) is 13.9. The fourth-order valence-electron chi connectivity index (χ4n) is 4.40. The molecule has 2 aliphatic carbocycles. The maximum Gasteiger partial charge on any atom is 0.421 e. The van der Waals surface area contributed by atoms with Gasteiger partial charge in [0.05, 0.1) is 11.5 Å². The summed E-state index contributed by atoms with van der Waals surface area (Å²) < 4.78 is 39.2. The van der Waals surface area contributed by atoms with Crippen LogP contribution in [0.5, 0.6) is 0 Å². The van der Waals surface area contributed by atoms with E-state index >= 15 is 0 Å². The summed E-state index contributed by atoms with van der Waals surface area (Å²) in [5.41, 5.74) is -3.30. The Balaban J connectivity index is 1.74. The van der Waals surface area contributed by atoms with Crippen LogP contribution in [0, 0.1) is 22.7 Å². The predicted octanol–water partition coefficient (Wildman–Crippen LogP) is 5.17. The summed E-state index contributed by atoms with van der Waals surface area (Å²) in [6.45, 7) is 4.62. The highest BCUT2D eigenvalue weighted by Crippen LogP contribution is 2.42. The minimum atomic E-state index is -4.80. The number of rotatable bonds is 5. The van der Waals surface area contributed by atoms with E-state index < -0.39 is 11.8 Å². The summed E-state index contributed by atoms with van der Waals surface area (Å²) >= 11 is 0. The molecule has 2 aliphatic rings. The normalized spacial score (nSPS) is 24.6. The van der Waals surface area contributed by atoms with Crippen molar-refractivity contribution in [1.29, 1.82) is 5.26 Å². The molecule has 1 amide bonds. The Bertz CT molecular complexity index is 812. The molecule has 0 bridgehead atoms. The standard InChI is InChI=1S/C23H29F3N2O2/c1-21(2,14-27)16-8-10-18(11-9-16)28(19-12-13-19)20(29)15-4-6-17(7-5-15)22(3,30)23(24,25)26/h4-7,16,18-19,30H,8-13H2,1-3H3/t16?,18?,22-/m0/s1. The van der Waals surface area contributed by atoms with Gasteiger partial charge in [-0.2, -0.15) is 18.4 Å². The molecular weight excluding hydrogens is 393 g/mol. The Labute approximate surface area is 175 Å². The molecule has 30 heavy (non-hydrogen) atoms. The molecule has 4 nitrogen and oxygen atoms in total. The molecule has 0 radical (unpaired) electrons. The lowest BCUT2D eigenvalue weighted by Crippen LogP contribution is -2.45. The topological polar surface area (TPSA) is 64.3 Å². The van der Waals surface area contributed by atoms with Gasteiger partial charge in [-0.3, -0.25) is 4.79 Å². The maximum absolute atomic E-state index is 13.2.